The van der Waals surface area contributed by atoms with Crippen molar-refractivity contribution in [1.29, 1.82) is 0 Å². The summed E-state index contributed by atoms with van der Waals surface area (Å²) in [6.07, 6.45) is -0.612. The molecule has 2 aromatic carbocycles. The fraction of sp³-hybridized carbons (Fsp3) is 0.278. The molecule has 2 aromatic rings. The van der Waals surface area contributed by atoms with Gasteiger partial charge in [-0.1, -0.05) is 35.4 Å². The fourth-order valence-corrected chi connectivity index (χ4v) is 2.58. The maximum absolute atomic E-state index is 12.3. The van der Waals surface area contributed by atoms with Crippen LogP contribution in [0.5, 0.6) is 5.75 Å². The molecule has 0 aromatic heterocycles. The number of amides is 1. The minimum atomic E-state index is -0.612. The van der Waals surface area contributed by atoms with Gasteiger partial charge in [0.1, 0.15) is 5.75 Å². The second-order valence-corrected chi connectivity index (χ2v) is 5.92. The Morgan fingerprint density at radius 3 is 2.36 bits per heavy atom. The Morgan fingerprint density at radius 1 is 1.14 bits per heavy atom. The SMILES string of the molecule is Cc1cc(C)c(NC(=O)[C@H](C)Oc2cccc(Cl)c2)c(C)c1. The number of anilines is 1. The lowest BCUT2D eigenvalue weighted by molar-refractivity contribution is -0.122. The van der Waals surface area contributed by atoms with Gasteiger partial charge in [0, 0.05) is 10.7 Å². The minimum absolute atomic E-state index is 0.185. The van der Waals surface area contributed by atoms with E-state index in [1.807, 2.05) is 32.9 Å². The normalized spacial score (nSPS) is 11.9. The zero-order valence-corrected chi connectivity index (χ0v) is 14.0. The molecule has 116 valence electrons. The molecule has 1 N–H and O–H groups in total. The van der Waals surface area contributed by atoms with Gasteiger partial charge < -0.3 is 10.1 Å². The van der Waals surface area contributed by atoms with Gasteiger partial charge in [0.25, 0.3) is 5.91 Å². The number of hydrogen-bond donors (Lipinski definition) is 1. The van der Waals surface area contributed by atoms with Crippen LogP contribution in [0.2, 0.25) is 5.02 Å². The highest BCUT2D eigenvalue weighted by Crippen LogP contribution is 2.23. The molecule has 0 spiro atoms. The lowest BCUT2D eigenvalue weighted by atomic mass is 10.0. The lowest BCUT2D eigenvalue weighted by Gasteiger charge is -2.17. The monoisotopic (exact) mass is 317 g/mol. The Hall–Kier alpha value is -2.00. The van der Waals surface area contributed by atoms with E-state index in [2.05, 4.69) is 5.32 Å². The van der Waals surface area contributed by atoms with E-state index < -0.39 is 6.10 Å². The molecule has 22 heavy (non-hydrogen) atoms. The Labute approximate surface area is 136 Å². The third kappa shape index (κ3) is 4.01. The van der Waals surface area contributed by atoms with Crippen LogP contribution >= 0.6 is 11.6 Å². The average molecular weight is 318 g/mol. The molecule has 0 saturated heterocycles. The number of benzene rings is 2. The van der Waals surface area contributed by atoms with Gasteiger partial charge in [-0.05, 0) is 57.0 Å². The van der Waals surface area contributed by atoms with Crippen molar-refractivity contribution in [3.8, 4) is 5.75 Å². The van der Waals surface area contributed by atoms with Gasteiger partial charge in [0.15, 0.2) is 6.10 Å². The molecule has 4 heteroatoms. The molecule has 0 radical (unpaired) electrons. The van der Waals surface area contributed by atoms with Crippen LogP contribution in [0.3, 0.4) is 0 Å². The van der Waals surface area contributed by atoms with E-state index in [0.717, 1.165) is 16.8 Å². The predicted molar refractivity (Wildman–Crippen MR) is 90.8 cm³/mol. The zero-order valence-electron chi connectivity index (χ0n) is 13.2. The molecule has 0 aliphatic carbocycles. The van der Waals surface area contributed by atoms with Gasteiger partial charge >= 0.3 is 0 Å². The molecule has 1 amide bonds. The van der Waals surface area contributed by atoms with Crippen LogP contribution in [0.4, 0.5) is 5.69 Å². The fourth-order valence-electron chi connectivity index (χ4n) is 2.40. The van der Waals surface area contributed by atoms with E-state index in [4.69, 9.17) is 16.3 Å². The second-order valence-electron chi connectivity index (χ2n) is 5.48. The molecule has 0 unspecified atom stereocenters. The Kier molecular flexibility index (Phi) is 5.09. The largest absolute Gasteiger partial charge is 0.481 e. The van der Waals surface area contributed by atoms with Crippen molar-refractivity contribution >= 4 is 23.2 Å². The summed E-state index contributed by atoms with van der Waals surface area (Å²) < 4.78 is 5.64. The topological polar surface area (TPSA) is 38.3 Å². The summed E-state index contributed by atoms with van der Waals surface area (Å²) in [5.74, 6) is 0.391. The van der Waals surface area contributed by atoms with Crippen molar-refractivity contribution in [2.75, 3.05) is 5.32 Å². The smallest absolute Gasteiger partial charge is 0.265 e. The summed E-state index contributed by atoms with van der Waals surface area (Å²) in [7, 11) is 0. The zero-order chi connectivity index (χ0) is 16.3. The van der Waals surface area contributed by atoms with Crippen LogP contribution in [0.1, 0.15) is 23.6 Å². The van der Waals surface area contributed by atoms with Crippen molar-refractivity contribution in [2.45, 2.75) is 33.8 Å². The summed E-state index contributed by atoms with van der Waals surface area (Å²) in [6, 6.07) is 11.1. The number of carbonyl (C=O) groups is 1. The second kappa shape index (κ2) is 6.84. The van der Waals surface area contributed by atoms with Crippen LogP contribution in [-0.4, -0.2) is 12.0 Å². The quantitative estimate of drug-likeness (QED) is 0.889. The van der Waals surface area contributed by atoms with E-state index >= 15 is 0 Å². The van der Waals surface area contributed by atoms with Crippen LogP contribution in [0.25, 0.3) is 0 Å². The highest BCUT2D eigenvalue weighted by atomic mass is 35.5. The predicted octanol–water partition coefficient (Wildman–Crippen LogP) is 4.67. The van der Waals surface area contributed by atoms with Gasteiger partial charge in [-0.15, -0.1) is 0 Å². The number of nitrogens with one attached hydrogen (secondary N) is 1. The van der Waals surface area contributed by atoms with Crippen molar-refractivity contribution in [3.05, 3.63) is 58.1 Å². The lowest BCUT2D eigenvalue weighted by Crippen LogP contribution is -2.30. The Morgan fingerprint density at radius 2 is 1.77 bits per heavy atom. The highest BCUT2D eigenvalue weighted by Gasteiger charge is 2.17. The molecule has 0 fully saturated rings. The van der Waals surface area contributed by atoms with Gasteiger partial charge in [0.05, 0.1) is 0 Å². The summed E-state index contributed by atoms with van der Waals surface area (Å²) in [6.45, 7) is 7.72. The van der Waals surface area contributed by atoms with Crippen molar-refractivity contribution in [2.24, 2.45) is 0 Å². The molecular formula is C18H20ClNO2. The summed E-state index contributed by atoms with van der Waals surface area (Å²) in [4.78, 5) is 12.3. The Bertz CT molecular complexity index is 674. The maximum Gasteiger partial charge on any atom is 0.265 e. The molecule has 0 aliphatic heterocycles. The number of halogens is 1. The summed E-state index contributed by atoms with van der Waals surface area (Å²) in [5.41, 5.74) is 4.11. The number of ether oxygens (including phenoxy) is 1. The third-order valence-corrected chi connectivity index (χ3v) is 3.64. The summed E-state index contributed by atoms with van der Waals surface area (Å²) in [5, 5.41) is 3.52. The number of carbonyl (C=O) groups excluding carboxylic acids is 1. The van der Waals surface area contributed by atoms with Crippen molar-refractivity contribution in [1.82, 2.24) is 0 Å². The average Bonchev–Trinajstić information content (AvgIpc) is 2.42. The molecule has 0 saturated carbocycles. The van der Waals surface area contributed by atoms with E-state index in [1.54, 1.807) is 31.2 Å². The first-order chi connectivity index (χ1) is 10.4. The Balaban J connectivity index is 2.09. The first-order valence-corrected chi connectivity index (χ1v) is 7.55. The van der Waals surface area contributed by atoms with Crippen molar-refractivity contribution < 1.29 is 9.53 Å². The van der Waals surface area contributed by atoms with Crippen LogP contribution < -0.4 is 10.1 Å². The number of aryl methyl sites for hydroxylation is 3. The number of rotatable bonds is 4. The van der Waals surface area contributed by atoms with Gasteiger partial charge in [-0.3, -0.25) is 4.79 Å². The molecule has 0 heterocycles. The molecule has 3 nitrogen and oxygen atoms in total. The van der Waals surface area contributed by atoms with Gasteiger partial charge in [-0.2, -0.15) is 0 Å². The first kappa shape index (κ1) is 16.4. The molecular weight excluding hydrogens is 298 g/mol. The minimum Gasteiger partial charge on any atom is -0.481 e. The van der Waals surface area contributed by atoms with Gasteiger partial charge in [0.2, 0.25) is 0 Å². The molecule has 1 atom stereocenters. The van der Waals surface area contributed by atoms with E-state index in [9.17, 15) is 4.79 Å². The van der Waals surface area contributed by atoms with Crippen molar-refractivity contribution in [3.63, 3.8) is 0 Å². The number of hydrogen-bond acceptors (Lipinski definition) is 2. The maximum atomic E-state index is 12.3. The first-order valence-electron chi connectivity index (χ1n) is 7.18. The van der Waals surface area contributed by atoms with Gasteiger partial charge in [-0.25, -0.2) is 0 Å². The van der Waals surface area contributed by atoms with Crippen LogP contribution in [0.15, 0.2) is 36.4 Å². The van der Waals surface area contributed by atoms with Crippen LogP contribution in [0, 0.1) is 20.8 Å². The highest BCUT2D eigenvalue weighted by molar-refractivity contribution is 6.30. The van der Waals surface area contributed by atoms with E-state index in [0.29, 0.717) is 10.8 Å². The molecule has 2 rings (SSSR count). The van der Waals surface area contributed by atoms with Crippen LogP contribution in [-0.2, 0) is 4.79 Å². The summed E-state index contributed by atoms with van der Waals surface area (Å²) >= 11 is 5.91. The molecule has 0 bridgehead atoms. The van der Waals surface area contributed by atoms with E-state index in [1.165, 1.54) is 5.56 Å². The molecule has 0 aliphatic rings. The third-order valence-electron chi connectivity index (χ3n) is 3.40. The standard InChI is InChI=1S/C18H20ClNO2/c1-11-8-12(2)17(13(3)9-11)20-18(21)14(4)22-16-7-5-6-15(19)10-16/h5-10,14H,1-4H3,(H,20,21)/t14-/m0/s1. The van der Waals surface area contributed by atoms with E-state index in [-0.39, 0.29) is 5.91 Å².